The van der Waals surface area contributed by atoms with E-state index in [2.05, 4.69) is 41.5 Å². The molecule has 0 aliphatic rings. The molecule has 0 spiro atoms. The van der Waals surface area contributed by atoms with Crippen molar-refractivity contribution >= 4 is 39.5 Å². The van der Waals surface area contributed by atoms with Crippen LogP contribution < -0.4 is 0 Å². The molecular formula is C80H156O17P2. The summed E-state index contributed by atoms with van der Waals surface area (Å²) < 4.78 is 68.6. The number of aliphatic hydroxyl groups excluding tert-OH is 1. The maximum Gasteiger partial charge on any atom is 0.472 e. The topological polar surface area (TPSA) is 237 Å². The zero-order valence-electron chi connectivity index (χ0n) is 64.8. The third-order valence-electron chi connectivity index (χ3n) is 18.7. The lowest BCUT2D eigenvalue weighted by atomic mass is 10.0. The van der Waals surface area contributed by atoms with Gasteiger partial charge in [0, 0.05) is 25.7 Å². The summed E-state index contributed by atoms with van der Waals surface area (Å²) in [6.07, 6.45) is 61.5. The Bertz CT molecular complexity index is 1910. The molecule has 3 N–H and O–H groups in total. The number of hydrogen-bond acceptors (Lipinski definition) is 15. The summed E-state index contributed by atoms with van der Waals surface area (Å²) in [5.74, 6) is -0.715. The highest BCUT2D eigenvalue weighted by Crippen LogP contribution is 2.45. The second-order valence-corrected chi connectivity index (χ2v) is 32.7. The largest absolute Gasteiger partial charge is 0.472 e. The van der Waals surface area contributed by atoms with Gasteiger partial charge in [-0.25, -0.2) is 9.13 Å². The van der Waals surface area contributed by atoms with Crippen LogP contribution in [-0.2, 0) is 65.4 Å². The van der Waals surface area contributed by atoms with Gasteiger partial charge in [-0.1, -0.05) is 369 Å². The molecule has 0 aromatic rings. The Labute approximate surface area is 607 Å². The summed E-state index contributed by atoms with van der Waals surface area (Å²) in [5, 5.41) is 10.6. The number of hydrogen-bond donors (Lipinski definition) is 3. The van der Waals surface area contributed by atoms with E-state index in [1.54, 1.807) is 0 Å². The van der Waals surface area contributed by atoms with E-state index >= 15 is 0 Å². The summed E-state index contributed by atoms with van der Waals surface area (Å²) >= 11 is 0. The Morgan fingerprint density at radius 2 is 0.465 bits per heavy atom. The Morgan fingerprint density at radius 3 is 0.687 bits per heavy atom. The van der Waals surface area contributed by atoms with Crippen LogP contribution in [-0.4, -0.2) is 96.7 Å². The van der Waals surface area contributed by atoms with E-state index in [4.69, 9.17) is 37.0 Å². The Morgan fingerprint density at radius 1 is 0.273 bits per heavy atom. The van der Waals surface area contributed by atoms with Gasteiger partial charge in [0.05, 0.1) is 26.4 Å². The number of ether oxygens (including phenoxy) is 4. The summed E-state index contributed by atoms with van der Waals surface area (Å²) in [7, 11) is -9.91. The Hall–Kier alpha value is -1.94. The van der Waals surface area contributed by atoms with Gasteiger partial charge in [-0.3, -0.25) is 37.3 Å². The molecule has 0 heterocycles. The van der Waals surface area contributed by atoms with E-state index in [0.717, 1.165) is 96.3 Å². The monoisotopic (exact) mass is 1450 g/mol. The number of carbonyl (C=O) groups is 4. The minimum Gasteiger partial charge on any atom is -0.462 e. The normalized spacial score (nSPS) is 13.9. The lowest BCUT2D eigenvalue weighted by Crippen LogP contribution is -2.30. The van der Waals surface area contributed by atoms with Crippen LogP contribution in [0.1, 0.15) is 420 Å². The highest BCUT2D eigenvalue weighted by molar-refractivity contribution is 7.47. The van der Waals surface area contributed by atoms with Crippen LogP contribution >= 0.6 is 15.6 Å². The second kappa shape index (κ2) is 71.7. The van der Waals surface area contributed by atoms with E-state index in [0.29, 0.717) is 37.5 Å². The molecule has 0 saturated heterocycles. The van der Waals surface area contributed by atoms with Gasteiger partial charge in [0.1, 0.15) is 19.3 Å². The van der Waals surface area contributed by atoms with Gasteiger partial charge in [0.2, 0.25) is 0 Å². The molecule has 0 aliphatic carbocycles. The van der Waals surface area contributed by atoms with E-state index in [-0.39, 0.29) is 25.7 Å². The highest BCUT2D eigenvalue weighted by atomic mass is 31.2. The third kappa shape index (κ3) is 74.1. The number of esters is 4. The summed E-state index contributed by atoms with van der Waals surface area (Å²) in [4.78, 5) is 72.9. The fraction of sp³-hybridized carbons (Fsp3) is 0.950. The van der Waals surface area contributed by atoms with Crippen LogP contribution in [0.2, 0.25) is 0 Å². The summed E-state index contributed by atoms with van der Waals surface area (Å²) in [6.45, 7) is 9.50. The lowest BCUT2D eigenvalue weighted by Gasteiger charge is -2.21. The second-order valence-electron chi connectivity index (χ2n) is 29.8. The number of carbonyl (C=O) groups excluding carboxylic acids is 4. The van der Waals surface area contributed by atoms with Crippen LogP contribution in [0.25, 0.3) is 0 Å². The Balaban J connectivity index is 5.19. The first-order valence-corrected chi connectivity index (χ1v) is 44.5. The molecule has 0 fully saturated rings. The van der Waals surface area contributed by atoms with Crippen molar-refractivity contribution in [2.45, 2.75) is 439 Å². The van der Waals surface area contributed by atoms with Crippen LogP contribution in [0.5, 0.6) is 0 Å². The number of unbranched alkanes of at least 4 members (excludes halogenated alkanes) is 49. The van der Waals surface area contributed by atoms with Gasteiger partial charge in [-0.2, -0.15) is 0 Å². The zero-order chi connectivity index (χ0) is 72.8. The van der Waals surface area contributed by atoms with E-state index in [1.807, 2.05) is 0 Å². The van der Waals surface area contributed by atoms with E-state index in [1.165, 1.54) is 231 Å². The first-order chi connectivity index (χ1) is 47.9. The van der Waals surface area contributed by atoms with Gasteiger partial charge in [-0.15, -0.1) is 0 Å². The minimum absolute atomic E-state index is 0.103. The lowest BCUT2D eigenvalue weighted by molar-refractivity contribution is -0.161. The van der Waals surface area contributed by atoms with Gasteiger partial charge < -0.3 is 33.8 Å². The van der Waals surface area contributed by atoms with E-state index in [9.17, 15) is 43.2 Å². The number of aliphatic hydroxyl groups is 1. The van der Waals surface area contributed by atoms with Crippen molar-refractivity contribution < 1.29 is 80.2 Å². The number of phosphoric acid groups is 2. The molecular weight excluding hydrogens is 1290 g/mol. The standard InChI is InChI=1S/C80H156O17P2/c1-7-9-11-13-15-17-19-21-23-25-27-28-29-31-33-35-37-39-45-52-58-64-79(84)96-75(68-90-77(82)62-56-50-44-38-36-34-32-30-26-24-22-20-18-16-14-12-10-8-2)70-94-98(86,87)92-66-74(81)67-93-99(88,89)95-71-76(97-80(85)65-59-53-47-41-43-49-55-61-73(5)6)69-91-78(83)63-57-51-46-40-42-48-54-60-72(3)4/h72-76,81H,7-71H2,1-6H3,(H,86,87)(H,88,89)/t74-,75-,76-/m1/s1. The van der Waals surface area contributed by atoms with Gasteiger partial charge >= 0.3 is 39.5 Å². The summed E-state index contributed by atoms with van der Waals surface area (Å²) in [6, 6.07) is 0. The van der Waals surface area contributed by atoms with Crippen molar-refractivity contribution in [3.8, 4) is 0 Å². The third-order valence-corrected chi connectivity index (χ3v) is 20.6. The zero-order valence-corrected chi connectivity index (χ0v) is 66.6. The van der Waals surface area contributed by atoms with Crippen molar-refractivity contribution in [1.82, 2.24) is 0 Å². The highest BCUT2D eigenvalue weighted by Gasteiger charge is 2.30. The number of rotatable bonds is 79. The molecule has 0 saturated carbocycles. The molecule has 0 aromatic carbocycles. The number of phosphoric ester groups is 2. The predicted octanol–water partition coefficient (Wildman–Crippen LogP) is 23.9. The minimum atomic E-state index is -4.96. The molecule has 0 amide bonds. The molecule has 588 valence electrons. The van der Waals surface area contributed by atoms with Crippen molar-refractivity contribution in [1.29, 1.82) is 0 Å². The molecule has 2 unspecified atom stereocenters. The van der Waals surface area contributed by atoms with Crippen molar-refractivity contribution in [3.05, 3.63) is 0 Å². The molecule has 0 bridgehead atoms. The molecule has 0 aromatic heterocycles. The molecule has 19 heteroatoms. The van der Waals surface area contributed by atoms with Gasteiger partial charge in [-0.05, 0) is 37.5 Å². The molecule has 5 atom stereocenters. The van der Waals surface area contributed by atoms with Crippen LogP contribution in [0.15, 0.2) is 0 Å². The summed E-state index contributed by atoms with van der Waals surface area (Å²) in [5.41, 5.74) is 0. The SMILES string of the molecule is CCCCCCCCCCCCCCCCCCCCCCCC(=O)O[C@H](COC(=O)CCCCCCCCCCCCCCCCCCCC)COP(=O)(O)OC[C@@H](O)COP(=O)(O)OC[C@@H](COC(=O)CCCCCCCCCC(C)C)OC(=O)CCCCCCCCCC(C)C. The van der Waals surface area contributed by atoms with Gasteiger partial charge in [0.25, 0.3) is 0 Å². The fourth-order valence-corrected chi connectivity index (χ4v) is 13.9. The molecule has 0 radical (unpaired) electrons. The average Bonchev–Trinajstić information content (AvgIpc) is 1.78. The quantitative estimate of drug-likeness (QED) is 0.0222. The first-order valence-electron chi connectivity index (χ1n) is 41.5. The van der Waals surface area contributed by atoms with Gasteiger partial charge in [0.15, 0.2) is 12.2 Å². The molecule has 99 heavy (non-hydrogen) atoms. The van der Waals surface area contributed by atoms with Crippen molar-refractivity contribution in [2.24, 2.45) is 11.8 Å². The smallest absolute Gasteiger partial charge is 0.462 e. The van der Waals surface area contributed by atoms with Crippen LogP contribution in [0.3, 0.4) is 0 Å². The average molecular weight is 1450 g/mol. The maximum absolute atomic E-state index is 13.1. The fourth-order valence-electron chi connectivity index (χ4n) is 12.4. The first kappa shape index (κ1) is 97.1. The molecule has 17 nitrogen and oxygen atoms in total. The van der Waals surface area contributed by atoms with Crippen LogP contribution in [0, 0.1) is 11.8 Å². The van der Waals surface area contributed by atoms with Crippen LogP contribution in [0.4, 0.5) is 0 Å². The Kier molecular flexibility index (Phi) is 70.3. The van der Waals surface area contributed by atoms with Crippen molar-refractivity contribution in [2.75, 3.05) is 39.6 Å². The maximum atomic E-state index is 13.1. The van der Waals surface area contributed by atoms with E-state index < -0.39 is 97.5 Å². The van der Waals surface area contributed by atoms with Crippen molar-refractivity contribution in [3.63, 3.8) is 0 Å². The predicted molar refractivity (Wildman–Crippen MR) is 405 cm³/mol. The molecule has 0 rings (SSSR count). The molecule has 0 aliphatic heterocycles.